The summed E-state index contributed by atoms with van der Waals surface area (Å²) >= 11 is 0. The highest BCUT2D eigenvalue weighted by Crippen LogP contribution is 2.27. The first kappa shape index (κ1) is 14.3. The normalized spacial score (nSPS) is 13.8. The Kier molecular flexibility index (Phi) is 4.55. The van der Waals surface area contributed by atoms with E-state index in [9.17, 15) is 9.90 Å². The summed E-state index contributed by atoms with van der Waals surface area (Å²) in [4.78, 5) is 13.1. The molecule has 0 aromatic heterocycles. The molecule has 5 nitrogen and oxygen atoms in total. The molecule has 2 N–H and O–H groups in total. The van der Waals surface area contributed by atoms with Crippen molar-refractivity contribution in [2.75, 3.05) is 32.6 Å². The molecular formula is C13H20N2O3. The maximum Gasteiger partial charge on any atom is 0.325 e. The van der Waals surface area contributed by atoms with Crippen molar-refractivity contribution in [2.45, 2.75) is 12.5 Å². The molecule has 5 heteroatoms. The lowest BCUT2D eigenvalue weighted by Crippen LogP contribution is -2.55. The van der Waals surface area contributed by atoms with Crippen molar-refractivity contribution in [3.8, 4) is 5.75 Å². The summed E-state index contributed by atoms with van der Waals surface area (Å²) in [7, 11) is 5.09. The molecule has 18 heavy (non-hydrogen) atoms. The Hall–Kier alpha value is -1.75. The van der Waals surface area contributed by atoms with Gasteiger partial charge in [-0.25, -0.2) is 0 Å². The zero-order chi connectivity index (χ0) is 13.8. The van der Waals surface area contributed by atoms with Gasteiger partial charge in [0.1, 0.15) is 11.3 Å². The van der Waals surface area contributed by atoms with Gasteiger partial charge in [0, 0.05) is 13.6 Å². The Balaban J connectivity index is 2.94. The predicted octanol–water partition coefficient (Wildman–Crippen LogP) is 1.19. The number of ether oxygens (including phenoxy) is 1. The molecule has 0 spiro atoms. The molecule has 1 unspecified atom stereocenters. The summed E-state index contributed by atoms with van der Waals surface area (Å²) in [5, 5.41) is 12.1. The van der Waals surface area contributed by atoms with Crippen molar-refractivity contribution in [3.63, 3.8) is 0 Å². The third-order valence-electron chi connectivity index (χ3n) is 3.07. The number of carboxylic acids is 1. The Morgan fingerprint density at radius 1 is 1.50 bits per heavy atom. The number of benzene rings is 1. The van der Waals surface area contributed by atoms with Gasteiger partial charge in [0.05, 0.1) is 12.8 Å². The van der Waals surface area contributed by atoms with Crippen molar-refractivity contribution in [3.05, 3.63) is 24.3 Å². The van der Waals surface area contributed by atoms with Crippen LogP contribution in [0.3, 0.4) is 0 Å². The SMILES string of the molecule is CNC(C)(CN(C)c1ccccc1OC)C(=O)O. The van der Waals surface area contributed by atoms with Crippen LogP contribution in [0.15, 0.2) is 24.3 Å². The third kappa shape index (κ3) is 2.92. The first-order valence-electron chi connectivity index (χ1n) is 5.71. The minimum Gasteiger partial charge on any atom is -0.495 e. The summed E-state index contributed by atoms with van der Waals surface area (Å²) < 4.78 is 5.27. The lowest BCUT2D eigenvalue weighted by atomic mass is 10.0. The van der Waals surface area contributed by atoms with E-state index in [1.54, 1.807) is 21.1 Å². The van der Waals surface area contributed by atoms with Crippen molar-refractivity contribution in [1.82, 2.24) is 5.32 Å². The minimum atomic E-state index is -1.00. The highest BCUT2D eigenvalue weighted by atomic mass is 16.5. The fourth-order valence-electron chi connectivity index (χ4n) is 1.76. The van der Waals surface area contributed by atoms with Crippen LogP contribution >= 0.6 is 0 Å². The number of likely N-dealkylation sites (N-methyl/N-ethyl adjacent to an activating group) is 2. The molecular weight excluding hydrogens is 232 g/mol. The number of nitrogens with zero attached hydrogens (tertiary/aromatic N) is 1. The molecule has 0 heterocycles. The number of nitrogens with one attached hydrogen (secondary N) is 1. The molecule has 0 aliphatic rings. The Labute approximate surface area is 107 Å². The van der Waals surface area contributed by atoms with Crippen LogP contribution in [0.5, 0.6) is 5.75 Å². The molecule has 1 aromatic carbocycles. The summed E-state index contributed by atoms with van der Waals surface area (Å²) in [5.74, 6) is -0.157. The maximum atomic E-state index is 11.3. The second-order valence-corrected chi connectivity index (χ2v) is 4.42. The van der Waals surface area contributed by atoms with Crippen molar-refractivity contribution in [2.24, 2.45) is 0 Å². The molecule has 1 atom stereocenters. The molecule has 0 saturated carbocycles. The minimum absolute atomic E-state index is 0.333. The van der Waals surface area contributed by atoms with E-state index in [2.05, 4.69) is 5.32 Å². The van der Waals surface area contributed by atoms with Crippen molar-refractivity contribution in [1.29, 1.82) is 0 Å². The number of methoxy groups -OCH3 is 1. The van der Waals surface area contributed by atoms with Gasteiger partial charge < -0.3 is 20.1 Å². The van der Waals surface area contributed by atoms with Crippen LogP contribution in [-0.4, -0.2) is 44.4 Å². The molecule has 0 radical (unpaired) electrons. The number of para-hydroxylation sites is 2. The number of hydrogen-bond acceptors (Lipinski definition) is 4. The first-order valence-corrected chi connectivity index (χ1v) is 5.71. The van der Waals surface area contributed by atoms with Crippen LogP contribution in [0.1, 0.15) is 6.92 Å². The van der Waals surface area contributed by atoms with Gasteiger partial charge in [0.2, 0.25) is 0 Å². The standard InChI is InChI=1S/C13H20N2O3/c1-13(14-2,12(16)17)9-15(3)10-7-5-6-8-11(10)18-4/h5-8,14H,9H2,1-4H3,(H,16,17). The Bertz CT molecular complexity index is 422. The smallest absolute Gasteiger partial charge is 0.325 e. The average molecular weight is 252 g/mol. The van der Waals surface area contributed by atoms with Crippen molar-refractivity contribution < 1.29 is 14.6 Å². The number of carbonyl (C=O) groups is 1. The van der Waals surface area contributed by atoms with Gasteiger partial charge in [-0.15, -0.1) is 0 Å². The quantitative estimate of drug-likeness (QED) is 0.796. The van der Waals surface area contributed by atoms with Crippen LogP contribution in [0.2, 0.25) is 0 Å². The number of hydrogen-bond donors (Lipinski definition) is 2. The number of aliphatic carboxylic acids is 1. The van der Waals surface area contributed by atoms with Crippen LogP contribution in [0, 0.1) is 0 Å². The summed E-state index contributed by atoms with van der Waals surface area (Å²) in [6.45, 7) is 1.99. The van der Waals surface area contributed by atoms with E-state index < -0.39 is 11.5 Å². The molecule has 0 fully saturated rings. The van der Waals surface area contributed by atoms with E-state index in [0.717, 1.165) is 11.4 Å². The van der Waals surface area contributed by atoms with Crippen LogP contribution in [0.25, 0.3) is 0 Å². The third-order valence-corrected chi connectivity index (χ3v) is 3.07. The highest BCUT2D eigenvalue weighted by molar-refractivity contribution is 5.79. The van der Waals surface area contributed by atoms with E-state index in [0.29, 0.717) is 6.54 Å². The zero-order valence-corrected chi connectivity index (χ0v) is 11.2. The summed E-state index contributed by atoms with van der Waals surface area (Å²) in [5.41, 5.74) is -0.141. The zero-order valence-electron chi connectivity index (χ0n) is 11.2. The largest absolute Gasteiger partial charge is 0.495 e. The monoisotopic (exact) mass is 252 g/mol. The molecule has 100 valence electrons. The number of rotatable bonds is 6. The van der Waals surface area contributed by atoms with Gasteiger partial charge in [-0.2, -0.15) is 0 Å². The van der Waals surface area contributed by atoms with Gasteiger partial charge in [-0.3, -0.25) is 4.79 Å². The Morgan fingerprint density at radius 2 is 2.11 bits per heavy atom. The first-order chi connectivity index (χ1) is 8.44. The molecule has 0 amide bonds. The van der Waals surface area contributed by atoms with Gasteiger partial charge in [0.25, 0.3) is 0 Å². The predicted molar refractivity (Wildman–Crippen MR) is 71.4 cm³/mol. The van der Waals surface area contributed by atoms with E-state index in [1.165, 1.54) is 0 Å². The summed E-state index contributed by atoms with van der Waals surface area (Å²) in [6, 6.07) is 7.52. The van der Waals surface area contributed by atoms with Crippen LogP contribution < -0.4 is 15.0 Å². The maximum absolute atomic E-state index is 11.3. The van der Waals surface area contributed by atoms with Crippen LogP contribution in [0.4, 0.5) is 5.69 Å². The number of anilines is 1. The van der Waals surface area contributed by atoms with Crippen LogP contribution in [-0.2, 0) is 4.79 Å². The van der Waals surface area contributed by atoms with Gasteiger partial charge in [-0.05, 0) is 26.1 Å². The second-order valence-electron chi connectivity index (χ2n) is 4.42. The van der Waals surface area contributed by atoms with Crippen molar-refractivity contribution >= 4 is 11.7 Å². The van der Waals surface area contributed by atoms with E-state index >= 15 is 0 Å². The van der Waals surface area contributed by atoms with Gasteiger partial charge >= 0.3 is 5.97 Å². The fraction of sp³-hybridized carbons (Fsp3) is 0.462. The van der Waals surface area contributed by atoms with Gasteiger partial charge in [-0.1, -0.05) is 12.1 Å². The lowest BCUT2D eigenvalue weighted by molar-refractivity contribution is -0.143. The second kappa shape index (κ2) is 5.73. The molecule has 1 rings (SSSR count). The molecule has 0 bridgehead atoms. The number of carboxylic acid groups (broad SMARTS) is 1. The lowest BCUT2D eigenvalue weighted by Gasteiger charge is -2.31. The fourth-order valence-corrected chi connectivity index (χ4v) is 1.76. The Morgan fingerprint density at radius 3 is 2.61 bits per heavy atom. The molecule has 0 aliphatic carbocycles. The average Bonchev–Trinajstić information content (AvgIpc) is 2.38. The molecule has 0 saturated heterocycles. The van der Waals surface area contributed by atoms with E-state index in [-0.39, 0.29) is 0 Å². The highest BCUT2D eigenvalue weighted by Gasteiger charge is 2.33. The molecule has 0 aliphatic heterocycles. The summed E-state index contributed by atoms with van der Waals surface area (Å²) in [6.07, 6.45) is 0. The van der Waals surface area contributed by atoms with E-state index in [1.807, 2.05) is 36.2 Å². The molecule has 1 aromatic rings. The topological polar surface area (TPSA) is 61.8 Å². The van der Waals surface area contributed by atoms with Gasteiger partial charge in [0.15, 0.2) is 0 Å². The van der Waals surface area contributed by atoms with E-state index in [4.69, 9.17) is 4.74 Å².